The number of carbonyl (C=O) groups excluding carboxylic acids is 1. The van der Waals surface area contributed by atoms with Gasteiger partial charge in [-0.2, -0.15) is 0 Å². The maximum Gasteiger partial charge on any atom is 0.222 e. The number of rotatable bonds is 5. The Kier molecular flexibility index (Phi) is 6.08. The van der Waals surface area contributed by atoms with Crippen LogP contribution in [0.25, 0.3) is 0 Å². The van der Waals surface area contributed by atoms with Crippen LogP contribution in [0.5, 0.6) is 0 Å². The van der Waals surface area contributed by atoms with E-state index in [1.165, 1.54) is 4.88 Å². The van der Waals surface area contributed by atoms with Gasteiger partial charge in [-0.15, -0.1) is 11.3 Å². The Labute approximate surface area is 143 Å². The van der Waals surface area contributed by atoms with Gasteiger partial charge in [-0.1, -0.05) is 6.07 Å². The van der Waals surface area contributed by atoms with Gasteiger partial charge in [0, 0.05) is 56.2 Å². The normalized spacial score (nSPS) is 24.0. The lowest BCUT2D eigenvalue weighted by Crippen LogP contribution is -2.57. The van der Waals surface area contributed by atoms with Crippen molar-refractivity contribution in [3.05, 3.63) is 22.4 Å². The molecule has 5 heteroatoms. The van der Waals surface area contributed by atoms with Crippen LogP contribution in [0.2, 0.25) is 0 Å². The number of aryl methyl sites for hydroxylation is 1. The summed E-state index contributed by atoms with van der Waals surface area (Å²) in [5.74, 6) is 0.334. The minimum absolute atomic E-state index is 0.334. The molecule has 0 spiro atoms. The highest BCUT2D eigenvalue weighted by atomic mass is 32.1. The van der Waals surface area contributed by atoms with E-state index in [1.54, 1.807) is 11.3 Å². The first kappa shape index (κ1) is 16.9. The molecule has 0 N–H and O–H groups in total. The average Bonchev–Trinajstić information content (AvgIpc) is 3.09. The van der Waals surface area contributed by atoms with Crippen molar-refractivity contribution in [2.45, 2.75) is 51.1 Å². The molecule has 3 rings (SSSR count). The topological polar surface area (TPSA) is 32.8 Å². The van der Waals surface area contributed by atoms with Gasteiger partial charge < -0.3 is 9.64 Å². The number of hydrogen-bond acceptors (Lipinski definition) is 4. The third kappa shape index (κ3) is 4.55. The van der Waals surface area contributed by atoms with Crippen LogP contribution in [0.4, 0.5) is 0 Å². The second-order valence-corrected chi connectivity index (χ2v) is 7.74. The summed E-state index contributed by atoms with van der Waals surface area (Å²) in [7, 11) is 0. The minimum Gasteiger partial charge on any atom is -0.381 e. The zero-order valence-corrected chi connectivity index (χ0v) is 14.9. The standard InChI is InChI=1S/C18H28N2O2S/c1-15-14-19(16-7-11-22-12-8-16)9-10-20(15)18(21)6-2-4-17-5-3-13-23-17/h3,5,13,15-16H,2,4,6-12,14H2,1H3/t15-/m1/s1. The van der Waals surface area contributed by atoms with E-state index >= 15 is 0 Å². The van der Waals surface area contributed by atoms with E-state index in [0.29, 0.717) is 24.4 Å². The first-order chi connectivity index (χ1) is 11.2. The molecule has 1 aromatic heterocycles. The van der Waals surface area contributed by atoms with Crippen molar-refractivity contribution >= 4 is 17.2 Å². The summed E-state index contributed by atoms with van der Waals surface area (Å²) in [6, 6.07) is 5.23. The Bertz CT molecular complexity index is 485. The first-order valence-corrected chi connectivity index (χ1v) is 9.75. The van der Waals surface area contributed by atoms with Gasteiger partial charge in [0.15, 0.2) is 0 Å². The van der Waals surface area contributed by atoms with Crippen LogP contribution in [0, 0.1) is 0 Å². The van der Waals surface area contributed by atoms with Crippen molar-refractivity contribution in [2.24, 2.45) is 0 Å². The van der Waals surface area contributed by atoms with E-state index in [2.05, 4.69) is 34.2 Å². The van der Waals surface area contributed by atoms with Gasteiger partial charge >= 0.3 is 0 Å². The highest BCUT2D eigenvalue weighted by Gasteiger charge is 2.31. The molecule has 2 fully saturated rings. The molecule has 2 saturated heterocycles. The van der Waals surface area contributed by atoms with Crippen LogP contribution in [-0.2, 0) is 16.0 Å². The van der Waals surface area contributed by atoms with Crippen molar-refractivity contribution in [1.29, 1.82) is 0 Å². The zero-order valence-electron chi connectivity index (χ0n) is 14.1. The van der Waals surface area contributed by atoms with Crippen LogP contribution >= 0.6 is 11.3 Å². The molecular formula is C18H28N2O2S. The predicted molar refractivity (Wildman–Crippen MR) is 93.8 cm³/mol. The van der Waals surface area contributed by atoms with Crippen LogP contribution in [-0.4, -0.2) is 60.6 Å². The van der Waals surface area contributed by atoms with Gasteiger partial charge in [-0.25, -0.2) is 0 Å². The molecule has 3 heterocycles. The van der Waals surface area contributed by atoms with Crippen LogP contribution in [0.3, 0.4) is 0 Å². The van der Waals surface area contributed by atoms with Gasteiger partial charge in [0.2, 0.25) is 5.91 Å². The molecule has 0 radical (unpaired) electrons. The largest absolute Gasteiger partial charge is 0.381 e. The molecule has 0 bridgehead atoms. The Morgan fingerprint density at radius 2 is 2.17 bits per heavy atom. The number of amides is 1. The fourth-order valence-electron chi connectivity index (χ4n) is 3.75. The maximum absolute atomic E-state index is 12.5. The molecule has 0 saturated carbocycles. The predicted octanol–water partition coefficient (Wildman–Crippen LogP) is 2.78. The second kappa shape index (κ2) is 8.27. The van der Waals surface area contributed by atoms with Crippen molar-refractivity contribution in [3.8, 4) is 0 Å². The van der Waals surface area contributed by atoms with Crippen molar-refractivity contribution < 1.29 is 9.53 Å². The third-order valence-corrected chi connectivity index (χ3v) is 6.02. The summed E-state index contributed by atoms with van der Waals surface area (Å²) in [6.45, 7) is 6.90. The van der Waals surface area contributed by atoms with Gasteiger partial charge in [-0.05, 0) is 44.1 Å². The zero-order chi connectivity index (χ0) is 16.1. The molecule has 4 nitrogen and oxygen atoms in total. The number of nitrogens with zero attached hydrogens (tertiary/aromatic N) is 2. The summed E-state index contributed by atoms with van der Waals surface area (Å²) >= 11 is 1.79. The molecule has 1 aromatic rings. The number of hydrogen-bond donors (Lipinski definition) is 0. The molecule has 2 aliphatic heterocycles. The van der Waals surface area contributed by atoms with E-state index in [0.717, 1.165) is 58.5 Å². The third-order valence-electron chi connectivity index (χ3n) is 5.08. The number of thiophene rings is 1. The number of ether oxygens (including phenoxy) is 1. The van der Waals surface area contributed by atoms with E-state index in [1.807, 2.05) is 0 Å². The number of piperazine rings is 1. The molecule has 23 heavy (non-hydrogen) atoms. The molecule has 2 aliphatic rings. The fraction of sp³-hybridized carbons (Fsp3) is 0.722. The monoisotopic (exact) mass is 336 g/mol. The van der Waals surface area contributed by atoms with E-state index in [-0.39, 0.29) is 0 Å². The quantitative estimate of drug-likeness (QED) is 0.829. The highest BCUT2D eigenvalue weighted by Crippen LogP contribution is 2.20. The summed E-state index contributed by atoms with van der Waals surface area (Å²) in [5.41, 5.74) is 0. The van der Waals surface area contributed by atoms with Crippen molar-refractivity contribution in [1.82, 2.24) is 9.80 Å². The lowest BCUT2D eigenvalue weighted by Gasteiger charge is -2.44. The van der Waals surface area contributed by atoms with E-state index in [4.69, 9.17) is 4.74 Å². The van der Waals surface area contributed by atoms with Crippen LogP contribution in [0.15, 0.2) is 17.5 Å². The van der Waals surface area contributed by atoms with Gasteiger partial charge in [-0.3, -0.25) is 9.69 Å². The van der Waals surface area contributed by atoms with Crippen LogP contribution < -0.4 is 0 Å². The van der Waals surface area contributed by atoms with Crippen molar-refractivity contribution in [2.75, 3.05) is 32.8 Å². The Balaban J connectivity index is 1.42. The maximum atomic E-state index is 12.5. The molecule has 0 aliphatic carbocycles. The summed E-state index contributed by atoms with van der Waals surface area (Å²) in [4.78, 5) is 18.6. The molecule has 0 unspecified atom stereocenters. The van der Waals surface area contributed by atoms with Crippen LogP contribution in [0.1, 0.15) is 37.5 Å². The van der Waals surface area contributed by atoms with E-state index < -0.39 is 0 Å². The Hall–Kier alpha value is -0.910. The Morgan fingerprint density at radius 1 is 1.35 bits per heavy atom. The fourth-order valence-corrected chi connectivity index (χ4v) is 4.50. The first-order valence-electron chi connectivity index (χ1n) is 8.87. The molecule has 0 aromatic carbocycles. The highest BCUT2D eigenvalue weighted by molar-refractivity contribution is 7.09. The number of carbonyl (C=O) groups is 1. The SMILES string of the molecule is C[C@@H]1CN(C2CCOCC2)CCN1C(=O)CCCc1cccs1. The summed E-state index contributed by atoms with van der Waals surface area (Å²) < 4.78 is 5.46. The smallest absolute Gasteiger partial charge is 0.222 e. The summed E-state index contributed by atoms with van der Waals surface area (Å²) in [5, 5.41) is 2.11. The molecule has 1 atom stereocenters. The average molecular weight is 337 g/mol. The van der Waals surface area contributed by atoms with Gasteiger partial charge in [0.1, 0.15) is 0 Å². The molecule has 1 amide bonds. The van der Waals surface area contributed by atoms with Gasteiger partial charge in [0.25, 0.3) is 0 Å². The minimum atomic E-state index is 0.334. The van der Waals surface area contributed by atoms with Crippen molar-refractivity contribution in [3.63, 3.8) is 0 Å². The summed E-state index contributed by atoms with van der Waals surface area (Å²) in [6.07, 6.45) is 4.95. The lowest BCUT2D eigenvalue weighted by molar-refractivity contribution is -0.136. The van der Waals surface area contributed by atoms with E-state index in [9.17, 15) is 4.79 Å². The second-order valence-electron chi connectivity index (χ2n) is 6.71. The lowest BCUT2D eigenvalue weighted by atomic mass is 10.0. The Morgan fingerprint density at radius 3 is 2.87 bits per heavy atom. The molecular weight excluding hydrogens is 308 g/mol. The van der Waals surface area contributed by atoms with Gasteiger partial charge in [0.05, 0.1) is 0 Å². The molecule has 128 valence electrons.